The van der Waals surface area contributed by atoms with E-state index in [1.165, 1.54) is 6.04 Å². The molecule has 0 N–H and O–H groups in total. The molecule has 0 bridgehead atoms. The van der Waals surface area contributed by atoms with Crippen LogP contribution in [0.3, 0.4) is 0 Å². The van der Waals surface area contributed by atoms with E-state index in [2.05, 4.69) is 13.5 Å². The van der Waals surface area contributed by atoms with Gasteiger partial charge in [0.2, 0.25) is 0 Å². The first-order valence-electron chi connectivity index (χ1n) is 5.58. The van der Waals surface area contributed by atoms with E-state index in [0.29, 0.717) is 19.8 Å². The first kappa shape index (κ1) is 14.3. The molecule has 0 saturated carbocycles. The number of hydrogen-bond donors (Lipinski definition) is 0. The molecule has 0 aliphatic rings. The van der Waals surface area contributed by atoms with Gasteiger partial charge in [0, 0.05) is 19.8 Å². The van der Waals surface area contributed by atoms with Crippen molar-refractivity contribution in [3.05, 3.63) is 0 Å². The van der Waals surface area contributed by atoms with Crippen molar-refractivity contribution in [1.29, 1.82) is 0 Å². The standard InChI is InChI=1S/C9H24O3Si2/c1-6-10-14(11-7-2,12-8-3)13(5)9-4/h13H,6-9H2,1-5H3. The molecule has 0 saturated heterocycles. The quantitative estimate of drug-likeness (QED) is 0.603. The van der Waals surface area contributed by atoms with Crippen LogP contribution >= 0.6 is 0 Å². The van der Waals surface area contributed by atoms with E-state index in [1.807, 2.05) is 20.8 Å². The minimum absolute atomic E-state index is 0.698. The fourth-order valence-electron chi connectivity index (χ4n) is 1.41. The van der Waals surface area contributed by atoms with Gasteiger partial charge in [0.1, 0.15) is 8.31 Å². The third-order valence-electron chi connectivity index (χ3n) is 2.25. The molecule has 0 rings (SSSR count). The molecule has 5 heteroatoms. The lowest BCUT2D eigenvalue weighted by Gasteiger charge is -2.32. The van der Waals surface area contributed by atoms with Crippen molar-refractivity contribution in [1.82, 2.24) is 0 Å². The SMILES string of the molecule is CCO[Si](OCC)(OCC)[SiH](C)CC. The summed E-state index contributed by atoms with van der Waals surface area (Å²) in [6.45, 7) is 12.6. The van der Waals surface area contributed by atoms with E-state index in [1.54, 1.807) is 0 Å². The minimum atomic E-state index is -2.26. The second-order valence-electron chi connectivity index (χ2n) is 3.21. The number of hydrogen-bond acceptors (Lipinski definition) is 3. The Bertz CT molecular complexity index is 127. The van der Waals surface area contributed by atoms with E-state index in [9.17, 15) is 0 Å². The molecule has 0 radical (unpaired) electrons. The van der Waals surface area contributed by atoms with Crippen molar-refractivity contribution < 1.29 is 13.3 Å². The average molecular weight is 236 g/mol. The van der Waals surface area contributed by atoms with Gasteiger partial charge in [0.25, 0.3) is 0 Å². The van der Waals surface area contributed by atoms with Crippen LogP contribution in [0.15, 0.2) is 0 Å². The van der Waals surface area contributed by atoms with Gasteiger partial charge in [-0.25, -0.2) is 0 Å². The summed E-state index contributed by atoms with van der Waals surface area (Å²) in [7, 11) is -3.27. The van der Waals surface area contributed by atoms with Crippen LogP contribution < -0.4 is 0 Å². The largest absolute Gasteiger partial charge is 0.465 e. The first-order chi connectivity index (χ1) is 6.66. The highest BCUT2D eigenvalue weighted by Crippen LogP contribution is 2.16. The molecule has 1 atom stereocenters. The molecule has 0 spiro atoms. The summed E-state index contributed by atoms with van der Waals surface area (Å²) in [5.41, 5.74) is 0. The molecule has 0 aromatic heterocycles. The molecule has 14 heavy (non-hydrogen) atoms. The molecule has 0 amide bonds. The van der Waals surface area contributed by atoms with Gasteiger partial charge in [-0.2, -0.15) is 0 Å². The van der Waals surface area contributed by atoms with Crippen LogP contribution in [0.25, 0.3) is 0 Å². The highest BCUT2D eigenvalue weighted by molar-refractivity contribution is 7.24. The van der Waals surface area contributed by atoms with Crippen LogP contribution in [0.2, 0.25) is 12.6 Å². The second-order valence-corrected chi connectivity index (χ2v) is 13.0. The second kappa shape index (κ2) is 7.59. The minimum Gasteiger partial charge on any atom is -0.377 e. The fraction of sp³-hybridized carbons (Fsp3) is 1.00. The van der Waals surface area contributed by atoms with Crippen LogP contribution in [0.1, 0.15) is 27.7 Å². The Morgan fingerprint density at radius 2 is 1.21 bits per heavy atom. The molecule has 1 unspecified atom stereocenters. The van der Waals surface area contributed by atoms with Crippen LogP contribution in [-0.4, -0.2) is 36.5 Å². The Morgan fingerprint density at radius 1 is 0.857 bits per heavy atom. The molecule has 86 valence electrons. The number of rotatable bonds is 8. The van der Waals surface area contributed by atoms with Crippen molar-refractivity contribution in [2.24, 2.45) is 0 Å². The van der Waals surface area contributed by atoms with Crippen LogP contribution in [0.5, 0.6) is 0 Å². The van der Waals surface area contributed by atoms with E-state index in [4.69, 9.17) is 13.3 Å². The maximum atomic E-state index is 5.82. The predicted molar refractivity (Wildman–Crippen MR) is 64.1 cm³/mol. The maximum absolute atomic E-state index is 5.82. The Morgan fingerprint density at radius 3 is 1.43 bits per heavy atom. The molecule has 0 fully saturated rings. The van der Waals surface area contributed by atoms with E-state index in [-0.39, 0.29) is 0 Å². The zero-order valence-electron chi connectivity index (χ0n) is 10.1. The van der Waals surface area contributed by atoms with E-state index >= 15 is 0 Å². The van der Waals surface area contributed by atoms with Crippen molar-refractivity contribution in [3.63, 3.8) is 0 Å². The third kappa shape index (κ3) is 3.82. The van der Waals surface area contributed by atoms with Gasteiger partial charge < -0.3 is 13.3 Å². The van der Waals surface area contributed by atoms with Gasteiger partial charge in [-0.15, -0.1) is 0 Å². The highest BCUT2D eigenvalue weighted by Gasteiger charge is 2.45. The lowest BCUT2D eigenvalue weighted by molar-refractivity contribution is 0.0917. The Balaban J connectivity index is 4.53. The third-order valence-corrected chi connectivity index (χ3v) is 13.1. The fourth-order valence-corrected chi connectivity index (χ4v) is 9.78. The molecule has 0 aliphatic carbocycles. The Labute approximate surface area is 90.5 Å². The summed E-state index contributed by atoms with van der Waals surface area (Å²) in [6.07, 6.45) is 0. The molecule has 0 aromatic rings. The molecule has 3 nitrogen and oxygen atoms in total. The van der Waals surface area contributed by atoms with Crippen LogP contribution in [-0.2, 0) is 13.3 Å². The van der Waals surface area contributed by atoms with Crippen molar-refractivity contribution >= 4 is 16.6 Å². The summed E-state index contributed by atoms with van der Waals surface area (Å²) < 4.78 is 17.5. The average Bonchev–Trinajstić information content (AvgIpc) is 2.17. The zero-order chi connectivity index (χ0) is 11.0. The van der Waals surface area contributed by atoms with E-state index in [0.717, 1.165) is 0 Å². The summed E-state index contributed by atoms with van der Waals surface area (Å²) >= 11 is 0. The van der Waals surface area contributed by atoms with Crippen LogP contribution in [0, 0.1) is 0 Å². The topological polar surface area (TPSA) is 27.7 Å². The summed E-state index contributed by atoms with van der Waals surface area (Å²) in [4.78, 5) is 0. The first-order valence-corrected chi connectivity index (χ1v) is 11.1. The van der Waals surface area contributed by atoms with Crippen molar-refractivity contribution in [2.45, 2.75) is 40.3 Å². The monoisotopic (exact) mass is 236 g/mol. The van der Waals surface area contributed by atoms with Crippen LogP contribution in [0.4, 0.5) is 0 Å². The van der Waals surface area contributed by atoms with Crippen molar-refractivity contribution in [3.8, 4) is 0 Å². The smallest absolute Gasteiger partial charge is 0.377 e. The lowest BCUT2D eigenvalue weighted by Crippen LogP contribution is -2.57. The van der Waals surface area contributed by atoms with Gasteiger partial charge in [0.15, 0.2) is 0 Å². The molecular formula is C9H24O3Si2. The van der Waals surface area contributed by atoms with Gasteiger partial charge in [-0.1, -0.05) is 19.5 Å². The molecule has 0 aliphatic heterocycles. The lowest BCUT2D eigenvalue weighted by atomic mass is 10.9. The molecule has 0 aromatic carbocycles. The highest BCUT2D eigenvalue weighted by atomic mass is 29.3. The van der Waals surface area contributed by atoms with Gasteiger partial charge in [0.05, 0.1) is 0 Å². The normalized spacial score (nSPS) is 14.4. The summed E-state index contributed by atoms with van der Waals surface area (Å²) in [6, 6.07) is 1.17. The van der Waals surface area contributed by atoms with Crippen molar-refractivity contribution in [2.75, 3.05) is 19.8 Å². The van der Waals surface area contributed by atoms with Gasteiger partial charge in [-0.05, 0) is 20.8 Å². The van der Waals surface area contributed by atoms with Gasteiger partial charge in [-0.3, -0.25) is 0 Å². The molecule has 0 heterocycles. The molecular weight excluding hydrogens is 212 g/mol. The van der Waals surface area contributed by atoms with E-state index < -0.39 is 16.6 Å². The zero-order valence-corrected chi connectivity index (χ0v) is 12.3. The predicted octanol–water partition coefficient (Wildman–Crippen LogP) is 1.99. The Kier molecular flexibility index (Phi) is 7.76. The summed E-state index contributed by atoms with van der Waals surface area (Å²) in [5, 5.41) is 0. The Hall–Kier alpha value is 0.314. The maximum Gasteiger partial charge on any atom is 0.465 e. The summed E-state index contributed by atoms with van der Waals surface area (Å²) in [5.74, 6) is 0. The van der Waals surface area contributed by atoms with Gasteiger partial charge >= 0.3 is 8.32 Å².